The average molecular weight is 336 g/mol. The summed E-state index contributed by atoms with van der Waals surface area (Å²) < 4.78 is 0. The van der Waals surface area contributed by atoms with Gasteiger partial charge in [-0.15, -0.1) is 0 Å². The molecule has 1 atom stereocenters. The number of amides is 2. The quantitative estimate of drug-likeness (QED) is 0.860. The second-order valence-electron chi connectivity index (χ2n) is 6.56. The number of rotatable bonds is 4. The summed E-state index contributed by atoms with van der Waals surface area (Å²) in [6.07, 6.45) is 1.17. The Balaban J connectivity index is 1.86. The fraction of sp³-hybridized carbons (Fsp3) is 0.333. The number of benzene rings is 2. The summed E-state index contributed by atoms with van der Waals surface area (Å²) >= 11 is 0. The topological polar surface area (TPSA) is 40.6 Å². The van der Waals surface area contributed by atoms with Gasteiger partial charge in [0.15, 0.2) is 0 Å². The molecule has 0 bridgehead atoms. The molecule has 130 valence electrons. The maximum atomic E-state index is 12.6. The van der Waals surface area contributed by atoms with E-state index in [-0.39, 0.29) is 24.4 Å². The predicted molar refractivity (Wildman–Crippen MR) is 99.5 cm³/mol. The van der Waals surface area contributed by atoms with Crippen LogP contribution in [0.5, 0.6) is 0 Å². The zero-order valence-electron chi connectivity index (χ0n) is 14.8. The number of hydrogen-bond donors (Lipinski definition) is 0. The number of anilines is 1. The Morgan fingerprint density at radius 1 is 1.08 bits per heavy atom. The average Bonchev–Trinajstić information content (AvgIpc) is 2.64. The molecule has 1 heterocycles. The third-order valence-electron chi connectivity index (χ3n) is 4.72. The van der Waals surface area contributed by atoms with Crippen LogP contribution in [0.25, 0.3) is 0 Å². The van der Waals surface area contributed by atoms with Crippen LogP contribution in [-0.4, -0.2) is 35.8 Å². The van der Waals surface area contributed by atoms with E-state index in [9.17, 15) is 9.59 Å². The first-order valence-electron chi connectivity index (χ1n) is 8.79. The fourth-order valence-corrected chi connectivity index (χ4v) is 3.30. The zero-order valence-corrected chi connectivity index (χ0v) is 14.8. The van der Waals surface area contributed by atoms with Gasteiger partial charge in [-0.05, 0) is 31.0 Å². The molecule has 0 spiro atoms. The Kier molecular flexibility index (Phi) is 5.17. The summed E-state index contributed by atoms with van der Waals surface area (Å²) in [6.45, 7) is 4.56. The first-order chi connectivity index (χ1) is 12.1. The summed E-state index contributed by atoms with van der Waals surface area (Å²) in [5.41, 5.74) is 3.24. The van der Waals surface area contributed by atoms with E-state index in [1.807, 2.05) is 61.2 Å². The molecule has 1 saturated heterocycles. The highest BCUT2D eigenvalue weighted by Crippen LogP contribution is 2.23. The van der Waals surface area contributed by atoms with Crippen molar-refractivity contribution in [3.63, 3.8) is 0 Å². The van der Waals surface area contributed by atoms with Gasteiger partial charge in [0.05, 0.1) is 6.04 Å². The number of aryl methyl sites for hydroxylation is 1. The van der Waals surface area contributed by atoms with E-state index < -0.39 is 0 Å². The molecule has 0 radical (unpaired) electrons. The standard InChI is InChI=1S/C21H24N2O2/c1-3-20(24)23-15-21(25)22(18-11-9-16(2)10-12-18)14-19(23)13-17-7-5-4-6-8-17/h4-12,19H,3,13-15H2,1-2H3/t19-/m1/s1. The highest BCUT2D eigenvalue weighted by Gasteiger charge is 2.34. The van der Waals surface area contributed by atoms with E-state index in [1.165, 1.54) is 5.56 Å². The van der Waals surface area contributed by atoms with Crippen LogP contribution in [0.4, 0.5) is 5.69 Å². The SMILES string of the molecule is CCC(=O)N1CC(=O)N(c2ccc(C)cc2)C[C@H]1Cc1ccccc1. The van der Waals surface area contributed by atoms with E-state index in [1.54, 1.807) is 4.90 Å². The van der Waals surface area contributed by atoms with E-state index in [4.69, 9.17) is 0 Å². The fourth-order valence-electron chi connectivity index (χ4n) is 3.30. The smallest absolute Gasteiger partial charge is 0.246 e. The normalized spacial score (nSPS) is 17.7. The molecular formula is C21H24N2O2. The molecule has 0 unspecified atom stereocenters. The molecule has 2 amide bonds. The van der Waals surface area contributed by atoms with Gasteiger partial charge in [0, 0.05) is 18.7 Å². The Morgan fingerprint density at radius 2 is 1.76 bits per heavy atom. The lowest BCUT2D eigenvalue weighted by atomic mass is 10.0. The van der Waals surface area contributed by atoms with E-state index in [0.29, 0.717) is 13.0 Å². The summed E-state index contributed by atoms with van der Waals surface area (Å²) in [4.78, 5) is 28.6. The van der Waals surface area contributed by atoms with Gasteiger partial charge in [-0.2, -0.15) is 0 Å². The molecule has 0 aliphatic carbocycles. The van der Waals surface area contributed by atoms with Crippen LogP contribution in [-0.2, 0) is 16.0 Å². The lowest BCUT2D eigenvalue weighted by molar-refractivity contribution is -0.139. The number of carbonyl (C=O) groups excluding carboxylic acids is 2. The van der Waals surface area contributed by atoms with Crippen LogP contribution in [0, 0.1) is 6.92 Å². The molecule has 0 aromatic heterocycles. The minimum atomic E-state index is -0.0186. The van der Waals surface area contributed by atoms with Crippen LogP contribution in [0.2, 0.25) is 0 Å². The van der Waals surface area contributed by atoms with Crippen LogP contribution >= 0.6 is 0 Å². The van der Waals surface area contributed by atoms with Crippen molar-refractivity contribution in [1.82, 2.24) is 4.90 Å². The summed E-state index contributed by atoms with van der Waals surface area (Å²) in [6, 6.07) is 18.1. The van der Waals surface area contributed by atoms with Crippen molar-refractivity contribution in [3.05, 3.63) is 65.7 Å². The maximum Gasteiger partial charge on any atom is 0.246 e. The summed E-state index contributed by atoms with van der Waals surface area (Å²) in [5, 5.41) is 0. The van der Waals surface area contributed by atoms with E-state index in [2.05, 4.69) is 12.1 Å². The van der Waals surface area contributed by atoms with Crippen molar-refractivity contribution in [2.75, 3.05) is 18.0 Å². The largest absolute Gasteiger partial charge is 0.328 e. The first-order valence-corrected chi connectivity index (χ1v) is 8.79. The number of piperazine rings is 1. The highest BCUT2D eigenvalue weighted by molar-refractivity contribution is 5.98. The van der Waals surface area contributed by atoms with Gasteiger partial charge in [-0.25, -0.2) is 0 Å². The van der Waals surface area contributed by atoms with Gasteiger partial charge in [0.2, 0.25) is 11.8 Å². The van der Waals surface area contributed by atoms with Crippen LogP contribution < -0.4 is 4.90 Å². The Labute approximate surface area is 149 Å². The van der Waals surface area contributed by atoms with Gasteiger partial charge in [-0.1, -0.05) is 55.0 Å². The van der Waals surface area contributed by atoms with Crippen molar-refractivity contribution in [1.29, 1.82) is 0 Å². The van der Waals surface area contributed by atoms with Crippen molar-refractivity contribution in [2.24, 2.45) is 0 Å². The molecule has 1 fully saturated rings. The van der Waals surface area contributed by atoms with Gasteiger partial charge in [-0.3, -0.25) is 9.59 Å². The zero-order chi connectivity index (χ0) is 17.8. The molecular weight excluding hydrogens is 312 g/mol. The molecule has 3 rings (SSSR count). The predicted octanol–water partition coefficient (Wildman–Crippen LogP) is 3.19. The molecule has 25 heavy (non-hydrogen) atoms. The molecule has 2 aromatic rings. The number of hydrogen-bond acceptors (Lipinski definition) is 2. The Hall–Kier alpha value is -2.62. The molecule has 1 aliphatic heterocycles. The molecule has 4 heteroatoms. The van der Waals surface area contributed by atoms with Crippen molar-refractivity contribution in [2.45, 2.75) is 32.7 Å². The first kappa shape index (κ1) is 17.2. The van der Waals surface area contributed by atoms with Crippen molar-refractivity contribution >= 4 is 17.5 Å². The molecule has 1 aliphatic rings. The minimum absolute atomic E-state index is 0.00569. The third-order valence-corrected chi connectivity index (χ3v) is 4.72. The maximum absolute atomic E-state index is 12.6. The van der Waals surface area contributed by atoms with Crippen molar-refractivity contribution in [3.8, 4) is 0 Å². The van der Waals surface area contributed by atoms with Crippen LogP contribution in [0.1, 0.15) is 24.5 Å². The summed E-state index contributed by atoms with van der Waals surface area (Å²) in [7, 11) is 0. The van der Waals surface area contributed by atoms with Gasteiger partial charge >= 0.3 is 0 Å². The van der Waals surface area contributed by atoms with Crippen LogP contribution in [0.15, 0.2) is 54.6 Å². The number of carbonyl (C=O) groups is 2. The number of nitrogens with zero attached hydrogens (tertiary/aromatic N) is 2. The van der Waals surface area contributed by atoms with Gasteiger partial charge in [0.1, 0.15) is 6.54 Å². The Morgan fingerprint density at radius 3 is 2.40 bits per heavy atom. The lowest BCUT2D eigenvalue weighted by Crippen LogP contribution is -2.58. The second kappa shape index (κ2) is 7.51. The van der Waals surface area contributed by atoms with Crippen LogP contribution in [0.3, 0.4) is 0 Å². The molecule has 2 aromatic carbocycles. The molecule has 4 nitrogen and oxygen atoms in total. The monoisotopic (exact) mass is 336 g/mol. The second-order valence-corrected chi connectivity index (χ2v) is 6.56. The third kappa shape index (κ3) is 3.90. The van der Waals surface area contributed by atoms with Crippen molar-refractivity contribution < 1.29 is 9.59 Å². The summed E-state index contributed by atoms with van der Waals surface area (Å²) in [5.74, 6) is 0.0211. The lowest BCUT2D eigenvalue weighted by Gasteiger charge is -2.41. The minimum Gasteiger partial charge on any atom is -0.328 e. The van der Waals surface area contributed by atoms with E-state index >= 15 is 0 Å². The molecule has 0 N–H and O–H groups in total. The van der Waals surface area contributed by atoms with Gasteiger partial charge in [0.25, 0.3) is 0 Å². The van der Waals surface area contributed by atoms with Gasteiger partial charge < -0.3 is 9.80 Å². The molecule has 0 saturated carbocycles. The highest BCUT2D eigenvalue weighted by atomic mass is 16.2. The van der Waals surface area contributed by atoms with E-state index in [0.717, 1.165) is 17.7 Å². The Bertz CT molecular complexity index is 740.